The summed E-state index contributed by atoms with van der Waals surface area (Å²) in [6.07, 6.45) is -3.24. The molecule has 5 nitrogen and oxygen atoms in total. The summed E-state index contributed by atoms with van der Waals surface area (Å²) in [6, 6.07) is 4.68. The van der Waals surface area contributed by atoms with Crippen LogP contribution in [0.1, 0.15) is 11.7 Å². The molecule has 16 heavy (non-hydrogen) atoms. The van der Waals surface area contributed by atoms with E-state index in [0.29, 0.717) is 0 Å². The second-order valence-corrected chi connectivity index (χ2v) is 3.56. The lowest BCUT2D eigenvalue weighted by Gasteiger charge is -2.18. The zero-order valence-electron chi connectivity index (χ0n) is 8.55. The molecule has 2 atom stereocenters. The Kier molecular flexibility index (Phi) is 4.12. The Balaban J connectivity index is 3.16. The van der Waals surface area contributed by atoms with Gasteiger partial charge in [-0.2, -0.15) is 0 Å². The van der Waals surface area contributed by atoms with Crippen LogP contribution < -0.4 is 10.5 Å². The molecule has 0 radical (unpaired) electrons. The molecule has 0 saturated heterocycles. The fraction of sp³-hybridized carbons (Fsp3) is 0.300. The van der Waals surface area contributed by atoms with E-state index in [0.717, 1.165) is 0 Å². The zero-order valence-corrected chi connectivity index (χ0v) is 9.31. The first-order valence-electron chi connectivity index (χ1n) is 4.47. The second-order valence-electron chi connectivity index (χ2n) is 3.15. The summed E-state index contributed by atoms with van der Waals surface area (Å²) in [6.45, 7) is 0. The van der Waals surface area contributed by atoms with Gasteiger partial charge in [-0.15, -0.1) is 0 Å². The summed E-state index contributed by atoms with van der Waals surface area (Å²) in [7, 11) is 1.39. The number of halogens is 1. The van der Waals surface area contributed by atoms with Crippen molar-refractivity contribution in [1.29, 1.82) is 0 Å². The molecule has 0 aliphatic carbocycles. The van der Waals surface area contributed by atoms with E-state index in [1.807, 2.05) is 0 Å². The quantitative estimate of drug-likeness (QED) is 0.708. The van der Waals surface area contributed by atoms with Crippen LogP contribution in [0.15, 0.2) is 18.2 Å². The summed E-state index contributed by atoms with van der Waals surface area (Å²) in [5.74, 6) is -0.755. The van der Waals surface area contributed by atoms with Gasteiger partial charge in [0.25, 0.3) is 0 Å². The molecule has 0 fully saturated rings. The van der Waals surface area contributed by atoms with Crippen molar-refractivity contribution in [1.82, 2.24) is 0 Å². The van der Waals surface area contributed by atoms with Gasteiger partial charge in [0.1, 0.15) is 11.9 Å². The highest BCUT2D eigenvalue weighted by molar-refractivity contribution is 6.31. The number of aliphatic hydroxyl groups excluding tert-OH is 2. The predicted molar refractivity (Wildman–Crippen MR) is 58.2 cm³/mol. The van der Waals surface area contributed by atoms with Crippen molar-refractivity contribution in [3.63, 3.8) is 0 Å². The molecule has 0 aromatic heterocycles. The number of hydrogen-bond acceptors (Lipinski definition) is 4. The molecule has 88 valence electrons. The summed E-state index contributed by atoms with van der Waals surface area (Å²) < 4.78 is 4.97. The van der Waals surface area contributed by atoms with Gasteiger partial charge in [-0.05, 0) is 12.1 Å². The van der Waals surface area contributed by atoms with E-state index < -0.39 is 18.1 Å². The third-order valence-electron chi connectivity index (χ3n) is 2.12. The highest BCUT2D eigenvalue weighted by Crippen LogP contribution is 2.33. The molecule has 4 N–H and O–H groups in total. The van der Waals surface area contributed by atoms with Gasteiger partial charge in [-0.3, -0.25) is 4.79 Å². The number of nitrogens with two attached hydrogens (primary N) is 1. The highest BCUT2D eigenvalue weighted by atomic mass is 35.5. The minimum absolute atomic E-state index is 0.137. The first kappa shape index (κ1) is 12.8. The molecule has 0 spiro atoms. The number of carbonyl (C=O) groups excluding carboxylic acids is 1. The van der Waals surface area contributed by atoms with Crippen LogP contribution in [0.2, 0.25) is 5.02 Å². The Morgan fingerprint density at radius 1 is 1.50 bits per heavy atom. The molecule has 1 rings (SSSR count). The molecular formula is C10H12ClNO4. The van der Waals surface area contributed by atoms with Crippen LogP contribution >= 0.6 is 11.6 Å². The number of aliphatic hydroxyl groups is 2. The third kappa shape index (κ3) is 2.44. The topological polar surface area (TPSA) is 92.8 Å². The maximum Gasteiger partial charge on any atom is 0.249 e. The van der Waals surface area contributed by atoms with Crippen molar-refractivity contribution in [2.24, 2.45) is 5.73 Å². The van der Waals surface area contributed by atoms with Gasteiger partial charge < -0.3 is 20.7 Å². The van der Waals surface area contributed by atoms with Crippen LogP contribution in [0.5, 0.6) is 5.75 Å². The standard InChI is InChI=1S/C10H12ClNO4/c1-16-6-4-2-3-5(11)7(6)8(13)9(14)10(12)15/h2-4,8-9,13-14H,1H3,(H2,12,15). The molecule has 0 heterocycles. The lowest BCUT2D eigenvalue weighted by atomic mass is 10.0. The van der Waals surface area contributed by atoms with Crippen LogP contribution in [0.4, 0.5) is 0 Å². The minimum atomic E-state index is -1.73. The number of methoxy groups -OCH3 is 1. The average molecular weight is 246 g/mol. The lowest BCUT2D eigenvalue weighted by Crippen LogP contribution is -2.34. The highest BCUT2D eigenvalue weighted by Gasteiger charge is 2.27. The largest absolute Gasteiger partial charge is 0.496 e. The Morgan fingerprint density at radius 2 is 2.12 bits per heavy atom. The Bertz CT molecular complexity index is 396. The number of amides is 1. The molecule has 0 aliphatic heterocycles. The van der Waals surface area contributed by atoms with Crippen molar-refractivity contribution in [2.75, 3.05) is 7.11 Å². The summed E-state index contributed by atoms with van der Waals surface area (Å²) in [4.78, 5) is 10.8. The van der Waals surface area contributed by atoms with Crippen LogP contribution in [0.25, 0.3) is 0 Å². The molecule has 2 unspecified atom stereocenters. The maximum absolute atomic E-state index is 10.8. The molecule has 6 heteroatoms. The van der Waals surface area contributed by atoms with Crippen molar-refractivity contribution in [2.45, 2.75) is 12.2 Å². The number of carbonyl (C=O) groups is 1. The van der Waals surface area contributed by atoms with E-state index in [4.69, 9.17) is 22.1 Å². The van der Waals surface area contributed by atoms with Crippen molar-refractivity contribution < 1.29 is 19.7 Å². The first-order valence-corrected chi connectivity index (χ1v) is 4.84. The smallest absolute Gasteiger partial charge is 0.249 e. The van der Waals surface area contributed by atoms with E-state index in [1.165, 1.54) is 13.2 Å². The van der Waals surface area contributed by atoms with E-state index in [1.54, 1.807) is 12.1 Å². The zero-order chi connectivity index (χ0) is 12.3. The van der Waals surface area contributed by atoms with Gasteiger partial charge in [-0.25, -0.2) is 0 Å². The monoisotopic (exact) mass is 245 g/mol. The molecular weight excluding hydrogens is 234 g/mol. The van der Waals surface area contributed by atoms with Crippen molar-refractivity contribution in [3.05, 3.63) is 28.8 Å². The number of primary amides is 1. The van der Waals surface area contributed by atoms with Crippen LogP contribution in [0, 0.1) is 0 Å². The summed E-state index contributed by atoms with van der Waals surface area (Å²) >= 11 is 5.85. The van der Waals surface area contributed by atoms with Crippen molar-refractivity contribution >= 4 is 17.5 Å². The predicted octanol–water partition coefficient (Wildman–Crippen LogP) is 0.228. The summed E-state index contributed by atoms with van der Waals surface area (Å²) in [5.41, 5.74) is 5.02. The number of benzene rings is 1. The number of ether oxygens (including phenoxy) is 1. The molecule has 0 saturated carbocycles. The van der Waals surface area contributed by atoms with E-state index in [2.05, 4.69) is 0 Å². The van der Waals surface area contributed by atoms with Gasteiger partial charge in [0.15, 0.2) is 6.10 Å². The summed E-state index contributed by atoms with van der Waals surface area (Å²) in [5, 5.41) is 19.3. The molecule has 1 aromatic rings. The Morgan fingerprint density at radius 3 is 2.62 bits per heavy atom. The first-order chi connectivity index (χ1) is 7.49. The molecule has 0 bridgehead atoms. The number of rotatable bonds is 4. The minimum Gasteiger partial charge on any atom is -0.496 e. The fourth-order valence-electron chi connectivity index (χ4n) is 1.30. The lowest BCUT2D eigenvalue weighted by molar-refractivity contribution is -0.132. The van der Waals surface area contributed by atoms with E-state index in [9.17, 15) is 15.0 Å². The van der Waals surface area contributed by atoms with Crippen LogP contribution in [0.3, 0.4) is 0 Å². The van der Waals surface area contributed by atoms with Crippen LogP contribution in [-0.2, 0) is 4.79 Å². The Labute approximate surface area is 97.4 Å². The average Bonchev–Trinajstić information content (AvgIpc) is 2.26. The van der Waals surface area contributed by atoms with Gasteiger partial charge in [0.2, 0.25) is 5.91 Å². The molecule has 1 aromatic carbocycles. The third-order valence-corrected chi connectivity index (χ3v) is 2.45. The van der Waals surface area contributed by atoms with Crippen LogP contribution in [-0.4, -0.2) is 29.3 Å². The fourth-order valence-corrected chi connectivity index (χ4v) is 1.57. The van der Waals surface area contributed by atoms with Crippen molar-refractivity contribution in [3.8, 4) is 5.75 Å². The number of hydrogen-bond donors (Lipinski definition) is 3. The normalized spacial score (nSPS) is 14.2. The van der Waals surface area contributed by atoms with Gasteiger partial charge in [-0.1, -0.05) is 17.7 Å². The van der Waals surface area contributed by atoms with E-state index >= 15 is 0 Å². The second kappa shape index (κ2) is 5.16. The van der Waals surface area contributed by atoms with Gasteiger partial charge >= 0.3 is 0 Å². The van der Waals surface area contributed by atoms with E-state index in [-0.39, 0.29) is 16.3 Å². The van der Waals surface area contributed by atoms with Gasteiger partial charge in [0, 0.05) is 5.56 Å². The maximum atomic E-state index is 10.8. The molecule has 1 amide bonds. The van der Waals surface area contributed by atoms with Gasteiger partial charge in [0.05, 0.1) is 12.1 Å². The molecule has 0 aliphatic rings. The Hall–Kier alpha value is -1.30. The SMILES string of the molecule is COc1cccc(Cl)c1C(O)C(O)C(N)=O.